The highest BCUT2D eigenvalue weighted by Gasteiger charge is 2.12. The van der Waals surface area contributed by atoms with Gasteiger partial charge in [-0.05, 0) is 23.4 Å². The molecule has 2 aromatic heterocycles. The van der Waals surface area contributed by atoms with Crippen LogP contribution in [0.3, 0.4) is 0 Å². The third kappa shape index (κ3) is 3.41. The van der Waals surface area contributed by atoms with Gasteiger partial charge in [-0.15, -0.1) is 16.4 Å². The predicted molar refractivity (Wildman–Crippen MR) is 72.5 cm³/mol. The number of carbonyl (C=O) groups excluding carboxylic acids is 1. The Labute approximate surface area is 119 Å². The van der Waals surface area contributed by atoms with Crippen LogP contribution < -0.4 is 5.32 Å². The Morgan fingerprint density at radius 1 is 1.50 bits per heavy atom. The first-order chi connectivity index (χ1) is 9.60. The number of carboxylic acids is 1. The largest absolute Gasteiger partial charge is 0.480 e. The summed E-state index contributed by atoms with van der Waals surface area (Å²) < 4.78 is 1.21. The molecule has 0 radical (unpaired) electrons. The molecule has 0 aliphatic rings. The van der Waals surface area contributed by atoms with Crippen molar-refractivity contribution >= 4 is 23.2 Å². The summed E-state index contributed by atoms with van der Waals surface area (Å²) in [5.41, 5.74) is 1.54. The molecule has 0 aliphatic carbocycles. The molecule has 0 saturated carbocycles. The molecule has 2 aromatic rings. The van der Waals surface area contributed by atoms with Gasteiger partial charge in [-0.3, -0.25) is 9.59 Å². The van der Waals surface area contributed by atoms with Gasteiger partial charge in [-0.1, -0.05) is 12.1 Å². The Morgan fingerprint density at radius 2 is 2.30 bits per heavy atom. The minimum atomic E-state index is -0.989. The number of thiophene rings is 1. The smallest absolute Gasteiger partial charge is 0.325 e. The van der Waals surface area contributed by atoms with Gasteiger partial charge < -0.3 is 10.4 Å². The number of aromatic nitrogens is 3. The van der Waals surface area contributed by atoms with Crippen LogP contribution in [0.25, 0.3) is 0 Å². The van der Waals surface area contributed by atoms with Crippen molar-refractivity contribution < 1.29 is 14.7 Å². The van der Waals surface area contributed by atoms with Crippen LogP contribution >= 0.6 is 11.3 Å². The maximum Gasteiger partial charge on any atom is 0.325 e. The average molecular weight is 294 g/mol. The van der Waals surface area contributed by atoms with Gasteiger partial charge >= 0.3 is 5.97 Å². The van der Waals surface area contributed by atoms with Crippen LogP contribution in [0.5, 0.6) is 0 Å². The van der Waals surface area contributed by atoms with E-state index >= 15 is 0 Å². The van der Waals surface area contributed by atoms with E-state index in [0.29, 0.717) is 10.6 Å². The Balaban J connectivity index is 1.93. The fraction of sp³-hybridized carbons (Fsp3) is 0.333. The number of aliphatic carboxylic acids is 1. The molecule has 1 amide bonds. The molecule has 0 spiro atoms. The first-order valence-corrected chi connectivity index (χ1v) is 6.93. The minimum Gasteiger partial charge on any atom is -0.480 e. The van der Waals surface area contributed by atoms with Crippen molar-refractivity contribution in [2.24, 2.45) is 0 Å². The molecule has 0 aliphatic heterocycles. The first kappa shape index (κ1) is 14.2. The quantitative estimate of drug-likeness (QED) is 0.825. The Kier molecular flexibility index (Phi) is 4.46. The van der Waals surface area contributed by atoms with Crippen molar-refractivity contribution in [3.05, 3.63) is 33.8 Å². The van der Waals surface area contributed by atoms with Gasteiger partial charge in [0.25, 0.3) is 5.91 Å². The average Bonchev–Trinajstić information content (AvgIpc) is 3.03. The van der Waals surface area contributed by atoms with Gasteiger partial charge in [0.05, 0.1) is 17.6 Å². The maximum atomic E-state index is 12.0. The highest BCUT2D eigenvalue weighted by molar-refractivity contribution is 7.12. The van der Waals surface area contributed by atoms with E-state index in [1.165, 1.54) is 22.2 Å². The lowest BCUT2D eigenvalue weighted by Gasteiger charge is -2.02. The first-order valence-electron chi connectivity index (χ1n) is 6.05. The Bertz CT molecular complexity index is 620. The van der Waals surface area contributed by atoms with Crippen molar-refractivity contribution in [2.75, 3.05) is 0 Å². The van der Waals surface area contributed by atoms with E-state index < -0.39 is 5.97 Å². The van der Waals surface area contributed by atoms with Crippen molar-refractivity contribution in [3.63, 3.8) is 0 Å². The summed E-state index contributed by atoms with van der Waals surface area (Å²) in [4.78, 5) is 23.2. The maximum absolute atomic E-state index is 12.0. The highest BCUT2D eigenvalue weighted by atomic mass is 32.1. The molecule has 7 nitrogen and oxygen atoms in total. The lowest BCUT2D eigenvalue weighted by atomic mass is 10.2. The standard InChI is InChI=1S/C12H14N4O3S/c1-2-8-3-4-20-11(8)12(19)13-5-9-6-16(15-14-9)7-10(17)18/h3-4,6H,2,5,7H2,1H3,(H,13,19)(H,17,18). The second-order valence-electron chi connectivity index (χ2n) is 4.11. The summed E-state index contributed by atoms with van der Waals surface area (Å²) in [6, 6.07) is 1.93. The van der Waals surface area contributed by atoms with Crippen LogP contribution in [0.15, 0.2) is 17.6 Å². The van der Waals surface area contributed by atoms with Crippen LogP contribution in [0.2, 0.25) is 0 Å². The molecule has 0 unspecified atom stereocenters. The molecular formula is C12H14N4O3S. The number of aryl methyl sites for hydroxylation is 1. The normalized spacial score (nSPS) is 10.4. The van der Waals surface area contributed by atoms with E-state index in [9.17, 15) is 9.59 Å². The predicted octanol–water partition coefficient (Wildman–Crippen LogP) is 0.917. The third-order valence-corrected chi connectivity index (χ3v) is 3.60. The lowest BCUT2D eigenvalue weighted by molar-refractivity contribution is -0.137. The number of carboxylic acid groups (broad SMARTS) is 1. The van der Waals surface area contributed by atoms with Crippen molar-refractivity contribution in [3.8, 4) is 0 Å². The molecule has 0 fully saturated rings. The molecule has 2 heterocycles. The second-order valence-corrected chi connectivity index (χ2v) is 5.03. The molecule has 20 heavy (non-hydrogen) atoms. The summed E-state index contributed by atoms with van der Waals surface area (Å²) in [6.45, 7) is 1.97. The van der Waals surface area contributed by atoms with Crippen LogP contribution in [-0.4, -0.2) is 32.0 Å². The number of amides is 1. The van der Waals surface area contributed by atoms with Gasteiger partial charge in [0.2, 0.25) is 0 Å². The molecule has 0 aromatic carbocycles. The molecule has 0 saturated heterocycles. The van der Waals surface area contributed by atoms with Crippen LogP contribution in [0, 0.1) is 0 Å². The summed E-state index contributed by atoms with van der Waals surface area (Å²) in [5, 5.41) is 20.7. The molecule has 2 N–H and O–H groups in total. The second kappa shape index (κ2) is 6.29. The summed E-state index contributed by atoms with van der Waals surface area (Å²) in [7, 11) is 0. The highest BCUT2D eigenvalue weighted by Crippen LogP contribution is 2.17. The lowest BCUT2D eigenvalue weighted by Crippen LogP contribution is -2.23. The van der Waals surface area contributed by atoms with Gasteiger partial charge in [-0.2, -0.15) is 0 Å². The molecular weight excluding hydrogens is 280 g/mol. The number of nitrogens with zero attached hydrogens (tertiary/aromatic N) is 3. The van der Waals surface area contributed by atoms with E-state index in [-0.39, 0.29) is 19.0 Å². The van der Waals surface area contributed by atoms with Crippen LogP contribution in [0.1, 0.15) is 27.9 Å². The zero-order valence-corrected chi connectivity index (χ0v) is 11.7. The zero-order valence-electron chi connectivity index (χ0n) is 10.9. The number of nitrogens with one attached hydrogen (secondary N) is 1. The van der Waals surface area contributed by atoms with Gasteiger partial charge in [-0.25, -0.2) is 4.68 Å². The fourth-order valence-electron chi connectivity index (χ4n) is 1.70. The third-order valence-electron chi connectivity index (χ3n) is 2.65. The minimum absolute atomic E-state index is 0.148. The van der Waals surface area contributed by atoms with E-state index in [4.69, 9.17) is 5.11 Å². The fourth-order valence-corrected chi connectivity index (χ4v) is 2.61. The van der Waals surface area contributed by atoms with Gasteiger partial charge in [0, 0.05) is 0 Å². The molecule has 0 bridgehead atoms. The van der Waals surface area contributed by atoms with E-state index in [1.54, 1.807) is 0 Å². The summed E-state index contributed by atoms with van der Waals surface area (Å²) in [6.07, 6.45) is 2.31. The number of rotatable bonds is 6. The number of hydrogen-bond acceptors (Lipinski definition) is 5. The van der Waals surface area contributed by atoms with Crippen LogP contribution in [0.4, 0.5) is 0 Å². The SMILES string of the molecule is CCc1ccsc1C(=O)NCc1cn(CC(=O)O)nn1. The van der Waals surface area contributed by atoms with Gasteiger partial charge in [0.15, 0.2) is 0 Å². The van der Waals surface area contributed by atoms with E-state index in [0.717, 1.165) is 12.0 Å². The number of hydrogen-bond donors (Lipinski definition) is 2. The Hall–Kier alpha value is -2.22. The molecule has 0 atom stereocenters. The van der Waals surface area contributed by atoms with E-state index in [2.05, 4.69) is 15.6 Å². The summed E-state index contributed by atoms with van der Waals surface area (Å²) >= 11 is 1.40. The number of carbonyl (C=O) groups is 2. The van der Waals surface area contributed by atoms with Crippen molar-refractivity contribution in [2.45, 2.75) is 26.4 Å². The van der Waals surface area contributed by atoms with Crippen molar-refractivity contribution in [1.29, 1.82) is 0 Å². The topological polar surface area (TPSA) is 97.1 Å². The van der Waals surface area contributed by atoms with Crippen LogP contribution in [-0.2, 0) is 24.3 Å². The molecule has 8 heteroatoms. The van der Waals surface area contributed by atoms with Crippen molar-refractivity contribution in [1.82, 2.24) is 20.3 Å². The monoisotopic (exact) mass is 294 g/mol. The van der Waals surface area contributed by atoms with Gasteiger partial charge in [0.1, 0.15) is 12.2 Å². The molecule has 2 rings (SSSR count). The Morgan fingerprint density at radius 3 is 3.00 bits per heavy atom. The summed E-state index contributed by atoms with van der Waals surface area (Å²) in [5.74, 6) is -1.14. The molecule has 106 valence electrons. The zero-order chi connectivity index (χ0) is 14.5. The van der Waals surface area contributed by atoms with E-state index in [1.807, 2.05) is 18.4 Å².